The molecular formula is C18H19F10N3O5. The number of ether oxygens (including phenoxy) is 2. The summed E-state index contributed by atoms with van der Waals surface area (Å²) in [4.78, 5) is 36.8. The Kier molecular flexibility index (Phi) is 9.18. The van der Waals surface area contributed by atoms with E-state index in [4.69, 9.17) is 0 Å². The van der Waals surface area contributed by atoms with E-state index in [0.29, 0.717) is 13.7 Å². The molecule has 0 saturated heterocycles. The Morgan fingerprint density at radius 2 is 1.17 bits per heavy atom. The van der Waals surface area contributed by atoms with Crippen molar-refractivity contribution in [2.45, 2.75) is 56.5 Å². The average Bonchev–Trinajstić information content (AvgIpc) is 2.71. The summed E-state index contributed by atoms with van der Waals surface area (Å²) in [6.07, 6.45) is -11.0. The highest BCUT2D eigenvalue weighted by Gasteiger charge is 2.75. The van der Waals surface area contributed by atoms with Gasteiger partial charge in [0.25, 0.3) is 0 Å². The van der Waals surface area contributed by atoms with Gasteiger partial charge in [-0.05, 0) is 0 Å². The number of alkyl halides is 10. The molecule has 1 heterocycles. The zero-order valence-electron chi connectivity index (χ0n) is 18.3. The third-order valence-electron chi connectivity index (χ3n) is 4.35. The van der Waals surface area contributed by atoms with Crippen molar-refractivity contribution in [2.75, 3.05) is 13.2 Å². The zero-order chi connectivity index (χ0) is 28.3. The number of hydrogen-bond donors (Lipinski definition) is 0. The van der Waals surface area contributed by atoms with E-state index in [-0.39, 0.29) is 0 Å². The van der Waals surface area contributed by atoms with Gasteiger partial charge in [-0.25, -0.2) is 32.8 Å². The zero-order valence-corrected chi connectivity index (χ0v) is 18.3. The van der Waals surface area contributed by atoms with Gasteiger partial charge >= 0.3 is 47.1 Å². The molecule has 0 aliphatic rings. The third kappa shape index (κ3) is 6.08. The van der Waals surface area contributed by atoms with Crippen LogP contribution in [0.25, 0.3) is 0 Å². The van der Waals surface area contributed by atoms with E-state index < -0.39 is 86.8 Å². The second kappa shape index (κ2) is 10.6. The van der Waals surface area contributed by atoms with E-state index in [9.17, 15) is 58.3 Å². The Balaban J connectivity index is 3.07. The Morgan fingerprint density at radius 1 is 0.750 bits per heavy atom. The molecule has 8 nitrogen and oxygen atoms in total. The van der Waals surface area contributed by atoms with Crippen molar-refractivity contribution < 1.29 is 53.4 Å². The molecule has 36 heavy (non-hydrogen) atoms. The first-order valence-electron chi connectivity index (χ1n) is 9.51. The monoisotopic (exact) mass is 547 g/mol. The molecule has 1 aromatic heterocycles. The summed E-state index contributed by atoms with van der Waals surface area (Å²) in [6.45, 7) is 0.474. The largest absolute Gasteiger partial charge is 0.430 e. The molecule has 206 valence electrons. The Bertz CT molecular complexity index is 1090. The topological polar surface area (TPSA) is 84.5 Å². The Hall–Kier alpha value is -2.89. The van der Waals surface area contributed by atoms with E-state index in [1.165, 1.54) is 0 Å². The lowest BCUT2D eigenvalue weighted by Crippen LogP contribution is -2.59. The van der Waals surface area contributed by atoms with Crippen LogP contribution in [0.4, 0.5) is 43.9 Å². The van der Waals surface area contributed by atoms with E-state index in [0.717, 1.165) is 12.2 Å². The van der Waals surface area contributed by atoms with Crippen LogP contribution in [0.15, 0.2) is 39.7 Å². The van der Waals surface area contributed by atoms with Crippen LogP contribution in [0.5, 0.6) is 0 Å². The molecule has 0 spiro atoms. The molecule has 1 rings (SSSR count). The second-order valence-electron chi connectivity index (χ2n) is 7.15. The van der Waals surface area contributed by atoms with Crippen molar-refractivity contribution in [3.8, 4) is 0 Å². The third-order valence-corrected chi connectivity index (χ3v) is 4.35. The van der Waals surface area contributed by atoms with Crippen LogP contribution in [0.2, 0.25) is 0 Å². The minimum Gasteiger partial charge on any atom is -0.373 e. The molecule has 0 unspecified atom stereocenters. The molecule has 0 bridgehead atoms. The average molecular weight is 547 g/mol. The maximum absolute atomic E-state index is 13.7. The maximum Gasteiger partial charge on any atom is 0.430 e. The van der Waals surface area contributed by atoms with Gasteiger partial charge in [0.1, 0.15) is 6.61 Å². The molecule has 18 heteroatoms. The first-order valence-corrected chi connectivity index (χ1v) is 9.51. The molecule has 0 saturated carbocycles. The van der Waals surface area contributed by atoms with Crippen LogP contribution in [0.1, 0.15) is 6.92 Å². The van der Waals surface area contributed by atoms with Gasteiger partial charge in [0.2, 0.25) is 0 Å². The maximum atomic E-state index is 13.7. The Labute approximate surface area is 194 Å². The summed E-state index contributed by atoms with van der Waals surface area (Å²) in [6, 6.07) is 0. The number of halogens is 10. The van der Waals surface area contributed by atoms with Crippen molar-refractivity contribution in [1.82, 2.24) is 13.7 Å². The standard InChI is InChI=1S/C18H19F10N3O5/c1-4-6-29-11(32)30(7-5-2)13(34)31(12(29)33)8-9-35-10-15(21,22)17(25,26)36-18(27,28)16(23,24)14(3,19)20/h4-5H,1-2,6-10H2,3H3. The summed E-state index contributed by atoms with van der Waals surface area (Å²) in [5.41, 5.74) is -3.62. The first kappa shape index (κ1) is 31.1. The van der Waals surface area contributed by atoms with Gasteiger partial charge in [-0.1, -0.05) is 12.2 Å². The minimum absolute atomic E-state index is 0.291. The summed E-state index contributed by atoms with van der Waals surface area (Å²) in [5, 5.41) is 0. The molecule has 0 aliphatic carbocycles. The molecular weight excluding hydrogens is 528 g/mol. The lowest BCUT2D eigenvalue weighted by atomic mass is 10.2. The normalized spacial score (nSPS) is 13.6. The first-order chi connectivity index (χ1) is 16.2. The Morgan fingerprint density at radius 3 is 1.56 bits per heavy atom. The molecule has 0 fully saturated rings. The minimum atomic E-state index is -6.74. The number of aromatic nitrogens is 3. The second-order valence-corrected chi connectivity index (χ2v) is 7.15. The van der Waals surface area contributed by atoms with Crippen LogP contribution in [-0.2, 0) is 29.1 Å². The van der Waals surface area contributed by atoms with Gasteiger partial charge in [0, 0.05) is 6.92 Å². The SMILES string of the molecule is C=CCn1c(=O)n(CC=C)c(=O)n(CCOCC(F)(F)C(F)(F)OC(F)(F)C(F)(F)C(C)(F)F)c1=O. The van der Waals surface area contributed by atoms with Gasteiger partial charge in [-0.3, -0.25) is 0 Å². The van der Waals surface area contributed by atoms with Crippen molar-refractivity contribution in [3.05, 3.63) is 56.8 Å². The van der Waals surface area contributed by atoms with Gasteiger partial charge in [-0.2, -0.15) is 43.9 Å². The van der Waals surface area contributed by atoms with Crippen LogP contribution < -0.4 is 17.1 Å². The molecule has 0 amide bonds. The van der Waals surface area contributed by atoms with Crippen LogP contribution in [-0.4, -0.2) is 56.9 Å². The lowest BCUT2D eigenvalue weighted by Gasteiger charge is -2.34. The quantitative estimate of drug-likeness (QED) is 0.203. The van der Waals surface area contributed by atoms with E-state index in [1.807, 2.05) is 0 Å². The molecule has 0 N–H and O–H groups in total. The van der Waals surface area contributed by atoms with Crippen molar-refractivity contribution >= 4 is 0 Å². The smallest absolute Gasteiger partial charge is 0.373 e. The molecule has 0 aliphatic heterocycles. The molecule has 0 radical (unpaired) electrons. The van der Waals surface area contributed by atoms with Crippen LogP contribution >= 0.6 is 0 Å². The van der Waals surface area contributed by atoms with Crippen molar-refractivity contribution in [2.24, 2.45) is 0 Å². The highest BCUT2D eigenvalue weighted by molar-refractivity contribution is 4.91. The fourth-order valence-electron chi connectivity index (χ4n) is 2.44. The summed E-state index contributed by atoms with van der Waals surface area (Å²) >= 11 is 0. The summed E-state index contributed by atoms with van der Waals surface area (Å²) < 4.78 is 140. The van der Waals surface area contributed by atoms with Crippen LogP contribution in [0.3, 0.4) is 0 Å². The van der Waals surface area contributed by atoms with Crippen LogP contribution in [0, 0.1) is 0 Å². The van der Waals surface area contributed by atoms with Gasteiger partial charge in [0.15, 0.2) is 0 Å². The van der Waals surface area contributed by atoms with Gasteiger partial charge in [-0.15, -0.1) is 13.2 Å². The van der Waals surface area contributed by atoms with Gasteiger partial charge in [0.05, 0.1) is 26.2 Å². The summed E-state index contributed by atoms with van der Waals surface area (Å²) in [7, 11) is 0. The number of rotatable bonds is 14. The predicted molar refractivity (Wildman–Crippen MR) is 102 cm³/mol. The molecule has 0 aromatic carbocycles. The van der Waals surface area contributed by atoms with E-state index >= 15 is 0 Å². The van der Waals surface area contributed by atoms with E-state index in [2.05, 4.69) is 22.6 Å². The number of hydrogen-bond acceptors (Lipinski definition) is 5. The molecule has 1 aromatic rings. The number of allylic oxidation sites excluding steroid dienone is 2. The van der Waals surface area contributed by atoms with Crippen molar-refractivity contribution in [1.29, 1.82) is 0 Å². The highest BCUT2D eigenvalue weighted by Crippen LogP contribution is 2.50. The fourth-order valence-corrected chi connectivity index (χ4v) is 2.44. The fraction of sp³-hybridized carbons (Fsp3) is 0.611. The predicted octanol–water partition coefficient (Wildman–Crippen LogP) is 2.69. The van der Waals surface area contributed by atoms with Gasteiger partial charge < -0.3 is 4.74 Å². The number of nitrogens with zero attached hydrogens (tertiary/aromatic N) is 3. The van der Waals surface area contributed by atoms with Crippen molar-refractivity contribution in [3.63, 3.8) is 0 Å². The molecule has 0 atom stereocenters. The van der Waals surface area contributed by atoms with E-state index in [1.54, 1.807) is 0 Å². The summed E-state index contributed by atoms with van der Waals surface area (Å²) in [5.74, 6) is -18.0. The lowest BCUT2D eigenvalue weighted by molar-refractivity contribution is -0.486. The highest BCUT2D eigenvalue weighted by atomic mass is 19.4.